The summed E-state index contributed by atoms with van der Waals surface area (Å²) in [5.41, 5.74) is 3.33. The first kappa shape index (κ1) is 20.6. The molecule has 0 aliphatic carbocycles. The number of imidazole rings is 1. The number of nitriles is 1. The average Bonchev–Trinajstić information content (AvgIpc) is 3.11. The van der Waals surface area contributed by atoms with Gasteiger partial charge >= 0.3 is 0 Å². The van der Waals surface area contributed by atoms with E-state index in [2.05, 4.69) is 20.5 Å². The molecule has 1 saturated heterocycles. The SMILES string of the molecule is Cc1ncc2n1Cc1ccc(C#N)c(c1)Oc1ccc(Cl)c(c1)CN1CCN(CC1=O)C2. The number of fused-ring (bicyclic) bond motifs is 2. The lowest BCUT2D eigenvalue weighted by Crippen LogP contribution is -2.49. The topological polar surface area (TPSA) is 74.4 Å². The van der Waals surface area contributed by atoms with Crippen LogP contribution in [0.25, 0.3) is 0 Å². The molecule has 0 spiro atoms. The third kappa shape index (κ3) is 3.95. The summed E-state index contributed by atoms with van der Waals surface area (Å²) < 4.78 is 8.27. The maximum Gasteiger partial charge on any atom is 0.237 e. The highest BCUT2D eigenvalue weighted by molar-refractivity contribution is 6.31. The summed E-state index contributed by atoms with van der Waals surface area (Å²) in [6, 6.07) is 13.2. The number of ether oxygens (including phenoxy) is 1. The summed E-state index contributed by atoms with van der Waals surface area (Å²) in [4.78, 5) is 21.3. The van der Waals surface area contributed by atoms with Crippen LogP contribution >= 0.6 is 11.6 Å². The zero-order valence-electron chi connectivity index (χ0n) is 17.7. The zero-order chi connectivity index (χ0) is 22.2. The van der Waals surface area contributed by atoms with Crippen LogP contribution in [-0.2, 0) is 24.4 Å². The molecule has 1 aromatic heterocycles. The molecule has 0 radical (unpaired) electrons. The van der Waals surface area contributed by atoms with Gasteiger partial charge in [0.15, 0.2) is 0 Å². The highest BCUT2D eigenvalue weighted by Gasteiger charge is 2.26. The highest BCUT2D eigenvalue weighted by atomic mass is 35.5. The molecule has 3 aromatic rings. The van der Waals surface area contributed by atoms with E-state index in [1.807, 2.05) is 36.2 Å². The molecule has 3 aliphatic rings. The molecule has 1 fully saturated rings. The van der Waals surface area contributed by atoms with Crippen LogP contribution in [0.5, 0.6) is 11.5 Å². The summed E-state index contributed by atoms with van der Waals surface area (Å²) in [7, 11) is 0. The first-order valence-corrected chi connectivity index (χ1v) is 10.9. The Morgan fingerprint density at radius 1 is 1.09 bits per heavy atom. The summed E-state index contributed by atoms with van der Waals surface area (Å²) in [5, 5.41) is 10.2. The summed E-state index contributed by atoms with van der Waals surface area (Å²) >= 11 is 6.43. The van der Waals surface area contributed by atoms with Gasteiger partial charge in [-0.2, -0.15) is 5.26 Å². The number of hydrogen-bond donors (Lipinski definition) is 0. The smallest absolute Gasteiger partial charge is 0.237 e. The van der Waals surface area contributed by atoms with Crippen LogP contribution in [0.2, 0.25) is 5.02 Å². The number of aromatic nitrogens is 2. The minimum absolute atomic E-state index is 0.0745. The molecule has 3 aliphatic heterocycles. The second kappa shape index (κ2) is 8.30. The van der Waals surface area contributed by atoms with Crippen LogP contribution in [-0.4, -0.2) is 44.9 Å². The summed E-state index contributed by atoms with van der Waals surface area (Å²) in [6.45, 7) is 5.42. The van der Waals surface area contributed by atoms with Crippen molar-refractivity contribution < 1.29 is 9.53 Å². The molecule has 0 saturated carbocycles. The van der Waals surface area contributed by atoms with Gasteiger partial charge in [-0.3, -0.25) is 9.69 Å². The molecule has 7 nitrogen and oxygen atoms in total. The van der Waals surface area contributed by atoms with E-state index in [-0.39, 0.29) is 5.91 Å². The Labute approximate surface area is 191 Å². The molecule has 32 heavy (non-hydrogen) atoms. The molecule has 1 amide bonds. The van der Waals surface area contributed by atoms with Crippen molar-refractivity contribution in [2.45, 2.75) is 26.6 Å². The molecule has 162 valence electrons. The lowest BCUT2D eigenvalue weighted by Gasteiger charge is -2.34. The number of aryl methyl sites for hydroxylation is 1. The van der Waals surface area contributed by atoms with Gasteiger partial charge in [-0.15, -0.1) is 0 Å². The molecular formula is C24H22ClN5O2. The van der Waals surface area contributed by atoms with E-state index in [4.69, 9.17) is 16.3 Å². The maximum absolute atomic E-state index is 12.9. The van der Waals surface area contributed by atoms with Crippen molar-refractivity contribution in [3.8, 4) is 17.6 Å². The minimum Gasteiger partial charge on any atom is -0.456 e. The Hall–Kier alpha value is -3.34. The monoisotopic (exact) mass is 447 g/mol. The van der Waals surface area contributed by atoms with Crippen molar-refractivity contribution in [3.05, 3.63) is 75.8 Å². The van der Waals surface area contributed by atoms with Gasteiger partial charge in [0.2, 0.25) is 5.91 Å². The number of halogens is 1. The standard InChI is InChI=1S/C24H22ClN5O2/c1-16-27-11-20-14-28-6-7-29(24(31)15-28)13-19-9-21(4-5-22(19)25)32-23-8-17(12-30(16)20)2-3-18(23)10-26/h2-5,8-9,11H,6-7,12-15H2,1H3. The third-order valence-electron chi connectivity index (χ3n) is 6.03. The van der Waals surface area contributed by atoms with Crippen LogP contribution in [0, 0.1) is 18.3 Å². The van der Waals surface area contributed by atoms with E-state index in [0.717, 1.165) is 29.2 Å². The molecule has 8 heteroatoms. The van der Waals surface area contributed by atoms with E-state index in [1.165, 1.54) is 0 Å². The Kier molecular flexibility index (Phi) is 5.33. The molecule has 4 heterocycles. The number of piperazine rings is 1. The Morgan fingerprint density at radius 2 is 1.97 bits per heavy atom. The van der Waals surface area contributed by atoms with Crippen molar-refractivity contribution in [2.24, 2.45) is 0 Å². The van der Waals surface area contributed by atoms with Crippen molar-refractivity contribution in [1.29, 1.82) is 5.26 Å². The Balaban J connectivity index is 1.61. The number of benzene rings is 2. The normalized spacial score (nSPS) is 18.1. The van der Waals surface area contributed by atoms with Crippen LogP contribution in [0.4, 0.5) is 0 Å². The molecule has 2 aromatic carbocycles. The third-order valence-corrected chi connectivity index (χ3v) is 6.40. The van der Waals surface area contributed by atoms with Crippen LogP contribution in [0.15, 0.2) is 42.6 Å². The van der Waals surface area contributed by atoms with Gasteiger partial charge in [0.1, 0.15) is 23.4 Å². The number of carbonyl (C=O) groups is 1. The largest absolute Gasteiger partial charge is 0.456 e. The first-order chi connectivity index (χ1) is 15.5. The fourth-order valence-electron chi connectivity index (χ4n) is 4.24. The van der Waals surface area contributed by atoms with Crippen LogP contribution in [0.3, 0.4) is 0 Å². The van der Waals surface area contributed by atoms with E-state index < -0.39 is 0 Å². The van der Waals surface area contributed by atoms with Gasteiger partial charge in [-0.25, -0.2) is 4.98 Å². The number of carbonyl (C=O) groups excluding carboxylic acids is 1. The van der Waals surface area contributed by atoms with Gasteiger partial charge in [-0.05, 0) is 48.4 Å². The summed E-state index contributed by atoms with van der Waals surface area (Å²) in [6.07, 6.45) is 1.88. The zero-order valence-corrected chi connectivity index (χ0v) is 18.5. The van der Waals surface area contributed by atoms with Crippen molar-refractivity contribution in [3.63, 3.8) is 0 Å². The number of hydrogen-bond acceptors (Lipinski definition) is 5. The van der Waals surface area contributed by atoms with Gasteiger partial charge in [0.25, 0.3) is 0 Å². The fourth-order valence-corrected chi connectivity index (χ4v) is 4.42. The fraction of sp³-hybridized carbons (Fsp3) is 0.292. The van der Waals surface area contributed by atoms with Crippen molar-refractivity contribution in [1.82, 2.24) is 19.4 Å². The quantitative estimate of drug-likeness (QED) is 0.525. The van der Waals surface area contributed by atoms with Gasteiger partial charge in [0, 0.05) is 43.9 Å². The van der Waals surface area contributed by atoms with Gasteiger partial charge in [0.05, 0.1) is 17.8 Å². The molecule has 1 unspecified atom stereocenters. The van der Waals surface area contributed by atoms with Gasteiger partial charge < -0.3 is 14.2 Å². The molecule has 0 N–H and O–H groups in total. The van der Waals surface area contributed by atoms with Crippen LogP contribution in [0.1, 0.15) is 28.2 Å². The molecule has 6 rings (SSSR count). The van der Waals surface area contributed by atoms with Crippen molar-refractivity contribution in [2.75, 3.05) is 19.6 Å². The molecular weight excluding hydrogens is 426 g/mol. The van der Waals surface area contributed by atoms with Gasteiger partial charge in [-0.1, -0.05) is 17.7 Å². The highest BCUT2D eigenvalue weighted by Crippen LogP contribution is 2.31. The number of amides is 1. The average molecular weight is 448 g/mol. The second-order valence-corrected chi connectivity index (χ2v) is 8.61. The Bertz CT molecular complexity index is 1250. The van der Waals surface area contributed by atoms with E-state index in [0.29, 0.717) is 54.8 Å². The maximum atomic E-state index is 12.9. The predicted molar refractivity (Wildman–Crippen MR) is 119 cm³/mol. The van der Waals surface area contributed by atoms with E-state index in [9.17, 15) is 10.1 Å². The van der Waals surface area contributed by atoms with E-state index >= 15 is 0 Å². The Morgan fingerprint density at radius 3 is 2.78 bits per heavy atom. The summed E-state index contributed by atoms with van der Waals surface area (Å²) in [5.74, 6) is 2.05. The number of rotatable bonds is 0. The second-order valence-electron chi connectivity index (χ2n) is 8.21. The lowest BCUT2D eigenvalue weighted by atomic mass is 10.1. The molecule has 6 bridgehead atoms. The molecule has 1 atom stereocenters. The van der Waals surface area contributed by atoms with Crippen LogP contribution < -0.4 is 4.74 Å². The lowest BCUT2D eigenvalue weighted by molar-refractivity contribution is -0.136. The minimum atomic E-state index is 0.0745. The predicted octanol–water partition coefficient (Wildman–Crippen LogP) is 3.72. The van der Waals surface area contributed by atoms with E-state index in [1.54, 1.807) is 18.2 Å². The first-order valence-electron chi connectivity index (χ1n) is 10.5. The number of nitrogens with zero attached hydrogens (tertiary/aromatic N) is 5. The van der Waals surface area contributed by atoms with Crippen molar-refractivity contribution >= 4 is 17.5 Å².